The molecule has 1 saturated heterocycles. The molecule has 4 aliphatic rings. The van der Waals surface area contributed by atoms with Crippen LogP contribution in [0.15, 0.2) is 42.5 Å². The van der Waals surface area contributed by atoms with E-state index in [1.807, 2.05) is 36.4 Å². The molecule has 33 heavy (non-hydrogen) atoms. The third-order valence-electron chi connectivity index (χ3n) is 8.66. The zero-order chi connectivity index (χ0) is 22.6. The molecular weight excluding hydrogens is 414 g/mol. The first-order valence-electron chi connectivity index (χ1n) is 12.4. The van der Waals surface area contributed by atoms with Crippen LogP contribution in [-0.4, -0.2) is 47.6 Å². The van der Waals surface area contributed by atoms with Gasteiger partial charge in [0, 0.05) is 36.4 Å². The Balaban J connectivity index is 1.43. The highest BCUT2D eigenvalue weighted by atomic mass is 16.5. The van der Waals surface area contributed by atoms with Gasteiger partial charge in [-0.25, -0.2) is 0 Å². The lowest BCUT2D eigenvalue weighted by molar-refractivity contribution is -0.173. The van der Waals surface area contributed by atoms with Crippen molar-refractivity contribution in [1.82, 2.24) is 4.90 Å². The van der Waals surface area contributed by atoms with Crippen molar-refractivity contribution in [3.63, 3.8) is 0 Å². The predicted molar refractivity (Wildman–Crippen MR) is 126 cm³/mol. The Morgan fingerprint density at radius 3 is 2.70 bits per heavy atom. The molecule has 0 aromatic heterocycles. The van der Waals surface area contributed by atoms with E-state index in [1.165, 1.54) is 18.4 Å². The smallest absolute Gasteiger partial charge is 0.164 e. The number of carbonyl (C=O) groups excluding carboxylic acids is 1. The zero-order valence-electron chi connectivity index (χ0n) is 19.4. The van der Waals surface area contributed by atoms with Crippen LogP contribution in [0.5, 0.6) is 11.5 Å². The number of hydrogen-bond acceptors (Lipinski definition) is 5. The highest BCUT2D eigenvalue weighted by Gasteiger charge is 2.65. The van der Waals surface area contributed by atoms with E-state index >= 15 is 0 Å². The Morgan fingerprint density at radius 2 is 1.94 bits per heavy atom. The second-order valence-electron chi connectivity index (χ2n) is 10.5. The molecule has 0 unspecified atom stereocenters. The van der Waals surface area contributed by atoms with Gasteiger partial charge in [0.2, 0.25) is 0 Å². The minimum absolute atomic E-state index is 0.0632. The second kappa shape index (κ2) is 7.85. The van der Waals surface area contributed by atoms with Crippen LogP contribution in [0, 0.1) is 5.92 Å². The van der Waals surface area contributed by atoms with Crippen LogP contribution in [-0.2, 0) is 23.2 Å². The van der Waals surface area contributed by atoms with Gasteiger partial charge in [0.25, 0.3) is 0 Å². The number of hydrogen-bond donors (Lipinski definition) is 1. The molecule has 5 nitrogen and oxygen atoms in total. The van der Waals surface area contributed by atoms with Crippen LogP contribution in [0.4, 0.5) is 0 Å². The van der Waals surface area contributed by atoms with Gasteiger partial charge in [-0.1, -0.05) is 36.4 Å². The average molecular weight is 448 g/mol. The van der Waals surface area contributed by atoms with Crippen LogP contribution < -0.4 is 9.47 Å². The molecule has 174 valence electrons. The maximum atomic E-state index is 12.8. The first kappa shape index (κ1) is 21.2. The molecule has 5 heteroatoms. The fraction of sp³-hybridized carbons (Fsp3) is 0.536. The lowest BCUT2D eigenvalue weighted by Gasteiger charge is -2.63. The summed E-state index contributed by atoms with van der Waals surface area (Å²) < 4.78 is 12.2. The molecule has 2 bridgehead atoms. The molecule has 1 heterocycles. The van der Waals surface area contributed by atoms with Crippen molar-refractivity contribution < 1.29 is 19.4 Å². The van der Waals surface area contributed by atoms with Gasteiger partial charge in [0.05, 0.1) is 12.7 Å². The Kier molecular flexibility index (Phi) is 5.04. The van der Waals surface area contributed by atoms with Crippen molar-refractivity contribution in [3.8, 4) is 11.5 Å². The summed E-state index contributed by atoms with van der Waals surface area (Å²) in [5, 5.41) is 12.4. The molecular formula is C28H33NO4. The van der Waals surface area contributed by atoms with E-state index in [4.69, 9.17) is 9.47 Å². The number of aliphatic hydroxyl groups is 1. The monoisotopic (exact) mass is 447 g/mol. The Morgan fingerprint density at radius 1 is 1.12 bits per heavy atom. The molecule has 1 aliphatic heterocycles. The summed E-state index contributed by atoms with van der Waals surface area (Å²) in [5.41, 5.74) is 1.80. The number of methoxy groups -OCH3 is 1. The topological polar surface area (TPSA) is 59.0 Å². The van der Waals surface area contributed by atoms with E-state index in [2.05, 4.69) is 11.0 Å². The van der Waals surface area contributed by atoms with Gasteiger partial charge in [-0.3, -0.25) is 9.69 Å². The van der Waals surface area contributed by atoms with Gasteiger partial charge in [0.15, 0.2) is 11.5 Å². The number of Topliss-reactive ketones (excluding diaryl/α,β-unsaturated/α-hetero) is 1. The van der Waals surface area contributed by atoms with E-state index in [0.29, 0.717) is 37.4 Å². The van der Waals surface area contributed by atoms with Gasteiger partial charge in [-0.05, 0) is 61.8 Å². The predicted octanol–water partition coefficient (Wildman–Crippen LogP) is 4.04. The fourth-order valence-corrected chi connectivity index (χ4v) is 6.87. The van der Waals surface area contributed by atoms with E-state index < -0.39 is 11.0 Å². The molecule has 0 amide bonds. The normalized spacial score (nSPS) is 31.0. The summed E-state index contributed by atoms with van der Waals surface area (Å²) in [6.45, 7) is 2.44. The Hall–Kier alpha value is -2.37. The van der Waals surface area contributed by atoms with E-state index in [9.17, 15) is 9.90 Å². The zero-order valence-corrected chi connectivity index (χ0v) is 19.4. The molecule has 3 atom stereocenters. The van der Waals surface area contributed by atoms with Crippen molar-refractivity contribution in [2.24, 2.45) is 5.92 Å². The van der Waals surface area contributed by atoms with E-state index in [-0.39, 0.29) is 11.8 Å². The summed E-state index contributed by atoms with van der Waals surface area (Å²) in [4.78, 5) is 15.4. The molecule has 1 N–H and O–H groups in total. The molecule has 3 aliphatic carbocycles. The lowest BCUT2D eigenvalue weighted by Crippen LogP contribution is -2.73. The molecule has 2 aromatic carbocycles. The maximum absolute atomic E-state index is 12.8. The summed E-state index contributed by atoms with van der Waals surface area (Å²) in [6.07, 6.45) is 5.58. The minimum Gasteiger partial charge on any atom is -0.493 e. The quantitative estimate of drug-likeness (QED) is 0.724. The van der Waals surface area contributed by atoms with E-state index in [0.717, 1.165) is 43.0 Å². The number of nitrogens with zero attached hydrogens (tertiary/aromatic N) is 1. The summed E-state index contributed by atoms with van der Waals surface area (Å²) >= 11 is 0. The van der Waals surface area contributed by atoms with Crippen molar-refractivity contribution >= 4 is 5.78 Å². The van der Waals surface area contributed by atoms with Crippen molar-refractivity contribution in [1.29, 1.82) is 0 Å². The van der Waals surface area contributed by atoms with Crippen molar-refractivity contribution in [2.45, 2.75) is 68.6 Å². The molecule has 2 saturated carbocycles. The first-order valence-corrected chi connectivity index (χ1v) is 12.4. The molecule has 3 fully saturated rings. The van der Waals surface area contributed by atoms with Gasteiger partial charge < -0.3 is 14.6 Å². The number of rotatable bonds is 6. The number of benzene rings is 2. The summed E-state index contributed by atoms with van der Waals surface area (Å²) in [6, 6.07) is 14.3. The summed E-state index contributed by atoms with van der Waals surface area (Å²) in [7, 11) is 1.68. The average Bonchev–Trinajstić information content (AvgIpc) is 3.64. The number of carbonyl (C=O) groups is 1. The first-order chi connectivity index (χ1) is 16.0. The van der Waals surface area contributed by atoms with Crippen LogP contribution in [0.1, 0.15) is 55.2 Å². The summed E-state index contributed by atoms with van der Waals surface area (Å²) in [5.74, 6) is 2.41. The van der Waals surface area contributed by atoms with Crippen molar-refractivity contribution in [2.75, 3.05) is 20.2 Å². The Labute approximate surface area is 195 Å². The highest BCUT2D eigenvalue weighted by molar-refractivity contribution is 5.83. The molecule has 0 radical (unpaired) electrons. The SMILES string of the molecule is COc1c(OCc2ccccc2)ccc2c1[C@]13CCN(CC4CC4)[C@@H](C2)[C@]1(O)CCC(=O)C3. The van der Waals surface area contributed by atoms with Gasteiger partial charge in [-0.15, -0.1) is 0 Å². The van der Waals surface area contributed by atoms with Gasteiger partial charge >= 0.3 is 0 Å². The van der Waals surface area contributed by atoms with Crippen LogP contribution >= 0.6 is 0 Å². The highest BCUT2D eigenvalue weighted by Crippen LogP contribution is 2.61. The third kappa shape index (κ3) is 3.31. The van der Waals surface area contributed by atoms with E-state index in [1.54, 1.807) is 7.11 Å². The second-order valence-corrected chi connectivity index (χ2v) is 10.5. The maximum Gasteiger partial charge on any atom is 0.164 e. The van der Waals surface area contributed by atoms with Gasteiger partial charge in [-0.2, -0.15) is 0 Å². The lowest BCUT2D eigenvalue weighted by atomic mass is 9.49. The van der Waals surface area contributed by atoms with Crippen LogP contribution in [0.25, 0.3) is 0 Å². The standard InChI is InChI=1S/C28H33NO4/c1-32-26-23(33-18-20-5-3-2-4-6-20)10-9-21-15-24-28(31)12-11-22(30)16-27(28,25(21)26)13-14-29(24)17-19-7-8-19/h2-6,9-10,19,24,31H,7-8,11-18H2,1H3/t24-,27+,28+/m0/s1. The minimum atomic E-state index is -0.910. The number of ether oxygens (including phenoxy) is 2. The van der Waals surface area contributed by atoms with Gasteiger partial charge in [0.1, 0.15) is 12.4 Å². The number of ketones is 1. The van der Waals surface area contributed by atoms with Crippen LogP contribution in [0.3, 0.4) is 0 Å². The third-order valence-corrected chi connectivity index (χ3v) is 8.66. The fourth-order valence-electron chi connectivity index (χ4n) is 6.87. The molecule has 2 aromatic rings. The molecule has 6 rings (SSSR count). The number of piperidine rings is 1. The number of fused-ring (bicyclic) bond motifs is 1. The number of likely N-dealkylation sites (tertiary alicyclic amines) is 1. The molecule has 0 spiro atoms. The largest absolute Gasteiger partial charge is 0.493 e. The van der Waals surface area contributed by atoms with Crippen LogP contribution in [0.2, 0.25) is 0 Å². The van der Waals surface area contributed by atoms with Crippen molar-refractivity contribution in [3.05, 3.63) is 59.2 Å². The Bertz CT molecular complexity index is 1070.